The maximum absolute atomic E-state index is 12.5. The number of benzene rings is 1. The molecule has 1 aromatic rings. The predicted molar refractivity (Wildman–Crippen MR) is 107 cm³/mol. The van der Waals surface area contributed by atoms with Crippen molar-refractivity contribution in [1.29, 1.82) is 0 Å². The van der Waals surface area contributed by atoms with Gasteiger partial charge in [0, 0.05) is 58.4 Å². The average Bonchev–Trinajstić information content (AvgIpc) is 3.21. The molecule has 3 rings (SSSR count). The Hall–Kier alpha value is -2.61. The molecule has 0 radical (unpaired) electrons. The van der Waals surface area contributed by atoms with Crippen LogP contribution in [0.15, 0.2) is 29.3 Å². The maximum Gasteiger partial charge on any atom is 0.254 e. The molecule has 1 atom stereocenters. The Labute approximate surface area is 165 Å². The zero-order valence-electron chi connectivity index (χ0n) is 16.6. The van der Waals surface area contributed by atoms with E-state index in [-0.39, 0.29) is 18.4 Å². The van der Waals surface area contributed by atoms with E-state index in [0.717, 1.165) is 37.7 Å². The van der Waals surface area contributed by atoms with Crippen LogP contribution in [0.1, 0.15) is 22.3 Å². The fourth-order valence-electron chi connectivity index (χ4n) is 3.53. The predicted octanol–water partition coefficient (Wildman–Crippen LogP) is 0.302. The standard InChI is InChI=1S/C20H29N5O3/c1-21-20(24(2)12-16-7-10-28-14-16)23-11-15-3-5-17(6-4-15)19(27)25-9-8-22-18(26)13-25/h3-6,16H,7-14H2,1-2H3,(H,21,23)(H,22,26). The highest BCUT2D eigenvalue weighted by atomic mass is 16.5. The summed E-state index contributed by atoms with van der Waals surface area (Å²) in [6, 6.07) is 7.49. The molecule has 0 saturated carbocycles. The van der Waals surface area contributed by atoms with E-state index >= 15 is 0 Å². The molecular formula is C20H29N5O3. The van der Waals surface area contributed by atoms with Gasteiger partial charge in [0.05, 0.1) is 13.2 Å². The van der Waals surface area contributed by atoms with E-state index in [2.05, 4.69) is 20.5 Å². The Bertz CT molecular complexity index is 713. The number of aliphatic imine (C=N–C) groups is 1. The summed E-state index contributed by atoms with van der Waals surface area (Å²) >= 11 is 0. The first-order valence-electron chi connectivity index (χ1n) is 9.71. The van der Waals surface area contributed by atoms with Gasteiger partial charge in [-0.25, -0.2) is 0 Å². The Balaban J connectivity index is 1.51. The summed E-state index contributed by atoms with van der Waals surface area (Å²) in [5.41, 5.74) is 1.66. The highest BCUT2D eigenvalue weighted by Gasteiger charge is 2.22. The number of hydrogen-bond donors (Lipinski definition) is 2. The number of ether oxygens (including phenoxy) is 1. The molecule has 2 heterocycles. The number of carbonyl (C=O) groups excluding carboxylic acids is 2. The lowest BCUT2D eigenvalue weighted by Gasteiger charge is -2.26. The molecule has 2 fully saturated rings. The average molecular weight is 387 g/mol. The van der Waals surface area contributed by atoms with Crippen LogP contribution >= 0.6 is 0 Å². The largest absolute Gasteiger partial charge is 0.381 e. The second-order valence-electron chi connectivity index (χ2n) is 7.28. The minimum absolute atomic E-state index is 0.108. The molecule has 2 amide bonds. The van der Waals surface area contributed by atoms with E-state index in [9.17, 15) is 9.59 Å². The normalized spacial score (nSPS) is 20.1. The van der Waals surface area contributed by atoms with Crippen molar-refractivity contribution in [3.05, 3.63) is 35.4 Å². The van der Waals surface area contributed by atoms with Crippen LogP contribution < -0.4 is 10.6 Å². The molecule has 152 valence electrons. The van der Waals surface area contributed by atoms with E-state index < -0.39 is 0 Å². The smallest absolute Gasteiger partial charge is 0.254 e. The monoisotopic (exact) mass is 387 g/mol. The molecule has 2 N–H and O–H groups in total. The first-order valence-corrected chi connectivity index (χ1v) is 9.71. The summed E-state index contributed by atoms with van der Waals surface area (Å²) in [5.74, 6) is 1.17. The van der Waals surface area contributed by atoms with E-state index in [1.54, 1.807) is 11.9 Å². The van der Waals surface area contributed by atoms with Crippen molar-refractivity contribution in [2.24, 2.45) is 10.9 Å². The molecule has 1 aromatic carbocycles. The fraction of sp³-hybridized carbons (Fsp3) is 0.550. The number of carbonyl (C=O) groups is 2. The summed E-state index contributed by atoms with van der Waals surface area (Å²) in [5, 5.41) is 6.09. The zero-order chi connectivity index (χ0) is 19.9. The van der Waals surface area contributed by atoms with Gasteiger partial charge in [-0.1, -0.05) is 12.1 Å². The van der Waals surface area contributed by atoms with Crippen LogP contribution in [0.3, 0.4) is 0 Å². The third-order valence-electron chi connectivity index (χ3n) is 5.11. The van der Waals surface area contributed by atoms with Gasteiger partial charge in [-0.05, 0) is 24.1 Å². The number of guanidine groups is 1. The van der Waals surface area contributed by atoms with Gasteiger partial charge in [0.25, 0.3) is 5.91 Å². The molecule has 2 saturated heterocycles. The zero-order valence-corrected chi connectivity index (χ0v) is 16.6. The lowest BCUT2D eigenvalue weighted by molar-refractivity contribution is -0.123. The number of hydrogen-bond acceptors (Lipinski definition) is 4. The molecule has 0 aromatic heterocycles. The molecule has 0 bridgehead atoms. The van der Waals surface area contributed by atoms with E-state index in [1.165, 1.54) is 0 Å². The fourth-order valence-corrected chi connectivity index (χ4v) is 3.53. The first-order chi connectivity index (χ1) is 13.6. The van der Waals surface area contributed by atoms with Crippen molar-refractivity contribution in [3.8, 4) is 0 Å². The molecule has 8 nitrogen and oxygen atoms in total. The number of nitrogens with zero attached hydrogens (tertiary/aromatic N) is 3. The van der Waals surface area contributed by atoms with Crippen LogP contribution in [0.4, 0.5) is 0 Å². The molecule has 8 heteroatoms. The number of rotatable bonds is 5. The Kier molecular flexibility index (Phi) is 6.86. The van der Waals surface area contributed by atoms with Gasteiger partial charge in [-0.3, -0.25) is 14.6 Å². The van der Waals surface area contributed by atoms with Crippen molar-refractivity contribution in [1.82, 2.24) is 20.4 Å². The quantitative estimate of drug-likeness (QED) is 0.561. The van der Waals surface area contributed by atoms with E-state index in [1.807, 2.05) is 31.3 Å². The van der Waals surface area contributed by atoms with Gasteiger partial charge >= 0.3 is 0 Å². The van der Waals surface area contributed by atoms with Gasteiger partial charge in [0.1, 0.15) is 0 Å². The third kappa shape index (κ3) is 5.22. The lowest BCUT2D eigenvalue weighted by atomic mass is 10.1. The van der Waals surface area contributed by atoms with Gasteiger partial charge in [-0.15, -0.1) is 0 Å². The van der Waals surface area contributed by atoms with Crippen LogP contribution in [0.2, 0.25) is 0 Å². The summed E-state index contributed by atoms with van der Waals surface area (Å²) in [6.45, 7) is 4.37. The van der Waals surface area contributed by atoms with Gasteiger partial charge in [0.2, 0.25) is 5.91 Å². The van der Waals surface area contributed by atoms with Crippen molar-refractivity contribution in [2.75, 3.05) is 53.5 Å². The van der Waals surface area contributed by atoms with Crippen molar-refractivity contribution in [2.45, 2.75) is 13.0 Å². The lowest BCUT2D eigenvalue weighted by Crippen LogP contribution is -2.49. The van der Waals surface area contributed by atoms with Crippen molar-refractivity contribution >= 4 is 17.8 Å². The van der Waals surface area contributed by atoms with Crippen molar-refractivity contribution < 1.29 is 14.3 Å². The van der Waals surface area contributed by atoms with Gasteiger partial charge in [0.15, 0.2) is 5.96 Å². The van der Waals surface area contributed by atoms with Crippen LogP contribution in [-0.4, -0.2) is 81.1 Å². The van der Waals surface area contributed by atoms with Crippen LogP contribution in [0.5, 0.6) is 0 Å². The number of nitrogens with one attached hydrogen (secondary N) is 2. The topological polar surface area (TPSA) is 86.3 Å². The Morgan fingerprint density at radius 3 is 2.82 bits per heavy atom. The second kappa shape index (κ2) is 9.54. The highest BCUT2D eigenvalue weighted by Crippen LogP contribution is 2.13. The summed E-state index contributed by atoms with van der Waals surface area (Å²) < 4.78 is 5.44. The van der Waals surface area contributed by atoms with E-state index in [4.69, 9.17) is 4.74 Å². The van der Waals surface area contributed by atoms with Crippen LogP contribution in [-0.2, 0) is 16.1 Å². The molecule has 0 spiro atoms. The molecule has 2 aliphatic heterocycles. The summed E-state index contributed by atoms with van der Waals surface area (Å²) in [7, 11) is 3.81. The Morgan fingerprint density at radius 2 is 2.18 bits per heavy atom. The Morgan fingerprint density at radius 1 is 1.39 bits per heavy atom. The minimum atomic E-state index is -0.111. The maximum atomic E-state index is 12.5. The highest BCUT2D eigenvalue weighted by molar-refractivity contribution is 5.97. The third-order valence-corrected chi connectivity index (χ3v) is 5.11. The molecule has 0 aliphatic carbocycles. The molecular weight excluding hydrogens is 358 g/mol. The van der Waals surface area contributed by atoms with Gasteiger partial charge < -0.3 is 25.2 Å². The van der Waals surface area contributed by atoms with E-state index in [0.29, 0.717) is 31.1 Å². The summed E-state index contributed by atoms with van der Waals surface area (Å²) in [6.07, 6.45) is 1.09. The molecule has 28 heavy (non-hydrogen) atoms. The molecule has 1 unspecified atom stereocenters. The SMILES string of the molecule is CN=C(NCc1ccc(C(=O)N2CCNC(=O)C2)cc1)N(C)CC1CCOC1. The van der Waals surface area contributed by atoms with Gasteiger partial charge in [-0.2, -0.15) is 0 Å². The molecule has 2 aliphatic rings. The minimum Gasteiger partial charge on any atom is -0.381 e. The first kappa shape index (κ1) is 20.1. The van der Waals surface area contributed by atoms with Crippen LogP contribution in [0.25, 0.3) is 0 Å². The number of amides is 2. The number of piperazine rings is 1. The summed E-state index contributed by atoms with van der Waals surface area (Å²) in [4.78, 5) is 32.0. The van der Waals surface area contributed by atoms with Crippen LogP contribution in [0, 0.1) is 5.92 Å². The second-order valence-corrected chi connectivity index (χ2v) is 7.28. The van der Waals surface area contributed by atoms with Crippen molar-refractivity contribution in [3.63, 3.8) is 0 Å².